The number of nitrogens with zero attached hydrogens (tertiary/aromatic N) is 2. The standard InChI is InChI=1S/C13H25N3O/c1-9(2)12-14-10(3)13(17)16(12)8-7-15(4)11-5-6-11/h9-12,14H,5-8H2,1-4H3. The van der Waals surface area contributed by atoms with Gasteiger partial charge in [-0.3, -0.25) is 10.1 Å². The maximum absolute atomic E-state index is 12.1. The van der Waals surface area contributed by atoms with Gasteiger partial charge in [-0.1, -0.05) is 13.8 Å². The molecule has 2 aliphatic rings. The van der Waals surface area contributed by atoms with E-state index in [1.807, 2.05) is 11.8 Å². The number of hydrogen-bond acceptors (Lipinski definition) is 3. The zero-order valence-corrected chi connectivity index (χ0v) is 11.4. The van der Waals surface area contributed by atoms with Crippen LogP contribution < -0.4 is 5.32 Å². The third kappa shape index (κ3) is 2.80. The second-order valence-electron chi connectivity index (χ2n) is 5.82. The minimum Gasteiger partial charge on any atom is -0.324 e. The average Bonchev–Trinajstić information content (AvgIpc) is 3.06. The van der Waals surface area contributed by atoms with Crippen molar-refractivity contribution in [3.05, 3.63) is 0 Å². The van der Waals surface area contributed by atoms with Crippen molar-refractivity contribution in [3.8, 4) is 0 Å². The number of rotatable bonds is 5. The molecule has 1 N–H and O–H groups in total. The molecule has 0 aromatic heterocycles. The molecular formula is C13H25N3O. The molecule has 1 aliphatic heterocycles. The summed E-state index contributed by atoms with van der Waals surface area (Å²) in [5.41, 5.74) is 0. The van der Waals surface area contributed by atoms with E-state index in [1.54, 1.807) is 0 Å². The molecule has 4 nitrogen and oxygen atoms in total. The van der Waals surface area contributed by atoms with E-state index in [0.29, 0.717) is 5.92 Å². The van der Waals surface area contributed by atoms with E-state index < -0.39 is 0 Å². The highest BCUT2D eigenvalue weighted by molar-refractivity contribution is 5.83. The molecule has 2 atom stereocenters. The molecular weight excluding hydrogens is 214 g/mol. The van der Waals surface area contributed by atoms with Gasteiger partial charge < -0.3 is 9.80 Å². The first kappa shape index (κ1) is 12.8. The molecule has 4 heteroatoms. The maximum atomic E-state index is 12.1. The van der Waals surface area contributed by atoms with Crippen molar-refractivity contribution in [2.75, 3.05) is 20.1 Å². The number of likely N-dealkylation sites (N-methyl/N-ethyl adjacent to an activating group) is 1. The van der Waals surface area contributed by atoms with E-state index in [0.717, 1.165) is 19.1 Å². The number of carbonyl (C=O) groups excluding carboxylic acids is 1. The number of hydrogen-bond donors (Lipinski definition) is 1. The van der Waals surface area contributed by atoms with Crippen molar-refractivity contribution in [1.29, 1.82) is 0 Å². The van der Waals surface area contributed by atoms with Gasteiger partial charge in [0.1, 0.15) is 0 Å². The highest BCUT2D eigenvalue weighted by atomic mass is 16.2. The van der Waals surface area contributed by atoms with Gasteiger partial charge in [-0.25, -0.2) is 0 Å². The molecule has 2 unspecified atom stereocenters. The first-order valence-electron chi connectivity index (χ1n) is 6.77. The van der Waals surface area contributed by atoms with Gasteiger partial charge in [0.15, 0.2) is 0 Å². The third-order valence-corrected chi connectivity index (χ3v) is 3.91. The van der Waals surface area contributed by atoms with Gasteiger partial charge in [0.05, 0.1) is 12.2 Å². The van der Waals surface area contributed by atoms with Crippen molar-refractivity contribution in [2.45, 2.75) is 51.9 Å². The van der Waals surface area contributed by atoms with Gasteiger partial charge >= 0.3 is 0 Å². The summed E-state index contributed by atoms with van der Waals surface area (Å²) < 4.78 is 0. The van der Waals surface area contributed by atoms with Crippen LogP contribution in [-0.2, 0) is 4.79 Å². The van der Waals surface area contributed by atoms with Gasteiger partial charge in [-0.05, 0) is 32.7 Å². The fourth-order valence-corrected chi connectivity index (χ4v) is 2.57. The lowest BCUT2D eigenvalue weighted by Gasteiger charge is -2.29. The Morgan fingerprint density at radius 3 is 2.65 bits per heavy atom. The lowest BCUT2D eigenvalue weighted by molar-refractivity contribution is -0.130. The molecule has 0 aromatic rings. The zero-order chi connectivity index (χ0) is 12.6. The SMILES string of the molecule is CC1NC(C(C)C)N(CCN(C)C2CC2)C1=O. The molecule has 98 valence electrons. The third-order valence-electron chi connectivity index (χ3n) is 3.91. The molecule has 0 aromatic carbocycles. The summed E-state index contributed by atoms with van der Waals surface area (Å²) in [6.45, 7) is 8.14. The Morgan fingerprint density at radius 1 is 1.47 bits per heavy atom. The van der Waals surface area contributed by atoms with Crippen molar-refractivity contribution in [2.24, 2.45) is 5.92 Å². The normalized spacial score (nSPS) is 29.8. The van der Waals surface area contributed by atoms with Crippen LogP contribution in [0.5, 0.6) is 0 Å². The Kier molecular flexibility index (Phi) is 3.73. The Morgan fingerprint density at radius 2 is 2.12 bits per heavy atom. The summed E-state index contributed by atoms with van der Waals surface area (Å²) in [5.74, 6) is 0.725. The van der Waals surface area contributed by atoms with E-state index in [-0.39, 0.29) is 18.1 Å². The molecule has 2 fully saturated rings. The Labute approximate surface area is 104 Å². The Balaban J connectivity index is 1.89. The summed E-state index contributed by atoms with van der Waals surface area (Å²) in [6.07, 6.45) is 2.87. The van der Waals surface area contributed by atoms with Crippen LogP contribution in [0.25, 0.3) is 0 Å². The molecule has 1 amide bonds. The second kappa shape index (κ2) is 4.94. The highest BCUT2D eigenvalue weighted by Gasteiger charge is 2.37. The summed E-state index contributed by atoms with van der Waals surface area (Å²) in [7, 11) is 2.17. The predicted octanol–water partition coefficient (Wildman–Crippen LogP) is 0.883. The topological polar surface area (TPSA) is 35.6 Å². The van der Waals surface area contributed by atoms with Crippen molar-refractivity contribution in [3.63, 3.8) is 0 Å². The molecule has 0 spiro atoms. The average molecular weight is 239 g/mol. The minimum absolute atomic E-state index is 0.0198. The summed E-state index contributed by atoms with van der Waals surface area (Å²) in [4.78, 5) is 16.5. The summed E-state index contributed by atoms with van der Waals surface area (Å²) in [5, 5.41) is 3.38. The zero-order valence-electron chi connectivity index (χ0n) is 11.4. The first-order chi connectivity index (χ1) is 8.00. The molecule has 1 saturated heterocycles. The number of amides is 1. The van der Waals surface area contributed by atoms with Crippen molar-refractivity contribution in [1.82, 2.24) is 15.1 Å². The summed E-state index contributed by atoms with van der Waals surface area (Å²) >= 11 is 0. The van der Waals surface area contributed by atoms with E-state index in [1.165, 1.54) is 12.8 Å². The van der Waals surface area contributed by atoms with Gasteiger partial charge in [0, 0.05) is 19.1 Å². The quantitative estimate of drug-likeness (QED) is 0.774. The van der Waals surface area contributed by atoms with Crippen molar-refractivity contribution >= 4 is 5.91 Å². The van der Waals surface area contributed by atoms with Crippen LogP contribution in [-0.4, -0.2) is 54.1 Å². The maximum Gasteiger partial charge on any atom is 0.240 e. The Bertz CT molecular complexity index is 288. The fraction of sp³-hybridized carbons (Fsp3) is 0.923. The largest absolute Gasteiger partial charge is 0.324 e. The summed E-state index contributed by atoms with van der Waals surface area (Å²) in [6, 6.07) is 0.754. The molecule has 2 rings (SSSR count). The molecule has 17 heavy (non-hydrogen) atoms. The van der Waals surface area contributed by atoms with Crippen LogP contribution in [0.2, 0.25) is 0 Å². The van der Waals surface area contributed by atoms with Gasteiger partial charge in [-0.15, -0.1) is 0 Å². The molecule has 1 saturated carbocycles. The van der Waals surface area contributed by atoms with Gasteiger partial charge in [0.2, 0.25) is 5.91 Å². The van der Waals surface area contributed by atoms with Crippen LogP contribution in [0.4, 0.5) is 0 Å². The minimum atomic E-state index is -0.0198. The van der Waals surface area contributed by atoms with E-state index in [9.17, 15) is 4.79 Å². The highest BCUT2D eigenvalue weighted by Crippen LogP contribution is 2.25. The van der Waals surface area contributed by atoms with E-state index >= 15 is 0 Å². The molecule has 1 heterocycles. The lowest BCUT2D eigenvalue weighted by Crippen LogP contribution is -2.44. The van der Waals surface area contributed by atoms with Gasteiger partial charge in [0.25, 0.3) is 0 Å². The molecule has 1 aliphatic carbocycles. The van der Waals surface area contributed by atoms with E-state index in [2.05, 4.69) is 31.1 Å². The molecule has 0 bridgehead atoms. The monoisotopic (exact) mass is 239 g/mol. The Hall–Kier alpha value is -0.610. The fourth-order valence-electron chi connectivity index (χ4n) is 2.57. The number of nitrogens with one attached hydrogen (secondary N) is 1. The van der Waals surface area contributed by atoms with Crippen molar-refractivity contribution < 1.29 is 4.79 Å². The van der Waals surface area contributed by atoms with Gasteiger partial charge in [-0.2, -0.15) is 0 Å². The molecule has 0 radical (unpaired) electrons. The van der Waals surface area contributed by atoms with Crippen LogP contribution in [0.15, 0.2) is 0 Å². The van der Waals surface area contributed by atoms with E-state index in [4.69, 9.17) is 0 Å². The van der Waals surface area contributed by atoms with Crippen LogP contribution >= 0.6 is 0 Å². The lowest BCUT2D eigenvalue weighted by atomic mass is 10.1. The van der Waals surface area contributed by atoms with Crippen LogP contribution in [0, 0.1) is 5.92 Å². The van der Waals surface area contributed by atoms with Crippen LogP contribution in [0.1, 0.15) is 33.6 Å². The predicted molar refractivity (Wildman–Crippen MR) is 68.6 cm³/mol. The number of carbonyl (C=O) groups is 1. The first-order valence-corrected chi connectivity index (χ1v) is 6.77. The smallest absolute Gasteiger partial charge is 0.240 e. The van der Waals surface area contributed by atoms with Crippen LogP contribution in [0.3, 0.4) is 0 Å². The second-order valence-corrected chi connectivity index (χ2v) is 5.82.